The number of nitrogens with one attached hydrogen (secondary N) is 1. The van der Waals surface area contributed by atoms with Crippen LogP contribution in [0.3, 0.4) is 0 Å². The van der Waals surface area contributed by atoms with Crippen LogP contribution in [0, 0.1) is 11.7 Å². The van der Waals surface area contributed by atoms with Gasteiger partial charge in [0.15, 0.2) is 0 Å². The van der Waals surface area contributed by atoms with Gasteiger partial charge >= 0.3 is 0 Å². The summed E-state index contributed by atoms with van der Waals surface area (Å²) >= 11 is 0. The lowest BCUT2D eigenvalue weighted by atomic mass is 9.73. The Morgan fingerprint density at radius 1 is 0.818 bits per heavy atom. The van der Waals surface area contributed by atoms with Crippen molar-refractivity contribution in [2.75, 3.05) is 62.7 Å². The molecule has 3 aliphatic heterocycles. The zero-order chi connectivity index (χ0) is 38.1. The minimum atomic E-state index is -0.0447. The molecule has 0 bridgehead atoms. The highest BCUT2D eigenvalue weighted by Crippen LogP contribution is 2.48. The topological polar surface area (TPSA) is 51.2 Å². The molecule has 8 rings (SSSR count). The van der Waals surface area contributed by atoms with Gasteiger partial charge in [0.05, 0.1) is 12.8 Å². The SMILES string of the molecule is CCC(C)c1cc(O)ccc1C(c1ccc(N2CCC(CN3CCN(c4cc5c(cc4F)C4(CCC4)NC5)CC3)CC2)cc1)[C@H](CC)c1ccc(OC)cc1. The van der Waals surface area contributed by atoms with Crippen molar-refractivity contribution < 1.29 is 14.2 Å². The normalized spacial score (nSPS) is 20.2. The van der Waals surface area contributed by atoms with Gasteiger partial charge in [0.25, 0.3) is 0 Å². The zero-order valence-electron chi connectivity index (χ0n) is 33.5. The van der Waals surface area contributed by atoms with E-state index < -0.39 is 0 Å². The maximum absolute atomic E-state index is 15.4. The molecule has 0 aromatic heterocycles. The Balaban J connectivity index is 0.909. The molecule has 0 amide bonds. The smallest absolute Gasteiger partial charge is 0.146 e. The molecule has 1 aliphatic carbocycles. The van der Waals surface area contributed by atoms with Gasteiger partial charge in [0.1, 0.15) is 17.3 Å². The van der Waals surface area contributed by atoms with Gasteiger partial charge in [-0.05, 0) is 145 Å². The van der Waals surface area contributed by atoms with Gasteiger partial charge in [-0.15, -0.1) is 0 Å². The number of benzene rings is 4. The van der Waals surface area contributed by atoms with E-state index in [0.717, 1.165) is 89.5 Å². The molecule has 4 aliphatic rings. The lowest BCUT2D eigenvalue weighted by molar-refractivity contribution is 0.201. The van der Waals surface area contributed by atoms with Crippen LogP contribution in [0.15, 0.2) is 78.9 Å². The first-order chi connectivity index (χ1) is 26.8. The van der Waals surface area contributed by atoms with Crippen LogP contribution in [0.2, 0.25) is 0 Å². The summed E-state index contributed by atoms with van der Waals surface area (Å²) in [6, 6.07) is 28.0. The highest BCUT2D eigenvalue weighted by molar-refractivity contribution is 5.56. The molecule has 7 heteroatoms. The summed E-state index contributed by atoms with van der Waals surface area (Å²) in [5.74, 6) is 2.61. The van der Waals surface area contributed by atoms with E-state index in [1.54, 1.807) is 7.11 Å². The second-order valence-electron chi connectivity index (χ2n) is 16.9. The Labute approximate surface area is 328 Å². The van der Waals surface area contributed by atoms with Gasteiger partial charge in [-0.3, -0.25) is 4.90 Å². The number of piperidine rings is 1. The summed E-state index contributed by atoms with van der Waals surface area (Å²) in [6.45, 7) is 14.7. The van der Waals surface area contributed by atoms with Crippen LogP contribution in [0.25, 0.3) is 0 Å². The first-order valence-corrected chi connectivity index (χ1v) is 21.2. The quantitative estimate of drug-likeness (QED) is 0.151. The number of anilines is 2. The molecular formula is C48H61FN4O2. The largest absolute Gasteiger partial charge is 0.508 e. The fourth-order valence-electron chi connectivity index (χ4n) is 10.2. The predicted octanol–water partition coefficient (Wildman–Crippen LogP) is 9.90. The van der Waals surface area contributed by atoms with Crippen LogP contribution in [0.5, 0.6) is 11.5 Å². The van der Waals surface area contributed by atoms with Gasteiger partial charge in [-0.2, -0.15) is 0 Å². The number of fused-ring (bicyclic) bond motifs is 2. The van der Waals surface area contributed by atoms with Crippen LogP contribution in [0.1, 0.15) is 117 Å². The monoisotopic (exact) mass is 744 g/mol. The highest BCUT2D eigenvalue weighted by Gasteiger charge is 2.44. The Morgan fingerprint density at radius 2 is 1.53 bits per heavy atom. The second-order valence-corrected chi connectivity index (χ2v) is 16.9. The molecule has 6 nitrogen and oxygen atoms in total. The first kappa shape index (κ1) is 37.8. The zero-order valence-corrected chi connectivity index (χ0v) is 33.5. The fraction of sp³-hybridized carbons (Fsp3) is 0.500. The van der Waals surface area contributed by atoms with Crippen molar-refractivity contribution in [2.24, 2.45) is 5.92 Å². The van der Waals surface area contributed by atoms with E-state index in [1.165, 1.54) is 58.3 Å². The number of aromatic hydroxyl groups is 1. The summed E-state index contributed by atoms with van der Waals surface area (Å²) in [5, 5.41) is 14.3. The lowest BCUT2D eigenvalue weighted by Crippen LogP contribution is -2.49. The van der Waals surface area contributed by atoms with Crippen molar-refractivity contribution >= 4 is 11.4 Å². The number of phenolic OH excluding ortho intramolecular Hbond substituents is 1. The van der Waals surface area contributed by atoms with Crippen molar-refractivity contribution in [3.8, 4) is 11.5 Å². The van der Waals surface area contributed by atoms with Crippen LogP contribution < -0.4 is 19.9 Å². The van der Waals surface area contributed by atoms with Gasteiger partial charge in [0, 0.05) is 69.5 Å². The summed E-state index contributed by atoms with van der Waals surface area (Å²) in [6.07, 6.45) is 7.90. The number of methoxy groups -OCH3 is 1. The summed E-state index contributed by atoms with van der Waals surface area (Å²) < 4.78 is 20.9. The maximum atomic E-state index is 15.4. The summed E-state index contributed by atoms with van der Waals surface area (Å²) in [7, 11) is 1.72. The number of nitrogens with zero attached hydrogens (tertiary/aromatic N) is 3. The van der Waals surface area contributed by atoms with E-state index in [4.69, 9.17) is 4.74 Å². The molecule has 1 saturated carbocycles. The number of hydrogen-bond acceptors (Lipinski definition) is 6. The third-order valence-corrected chi connectivity index (χ3v) is 13.9. The van der Waals surface area contributed by atoms with Crippen molar-refractivity contribution in [2.45, 2.75) is 95.6 Å². The Morgan fingerprint density at radius 3 is 2.16 bits per heavy atom. The summed E-state index contributed by atoms with van der Waals surface area (Å²) in [4.78, 5) is 7.46. The van der Waals surface area contributed by atoms with Crippen molar-refractivity contribution in [1.29, 1.82) is 0 Å². The molecule has 4 aromatic rings. The molecule has 3 fully saturated rings. The minimum Gasteiger partial charge on any atom is -0.508 e. The average Bonchev–Trinajstić information content (AvgIpc) is 3.59. The molecule has 3 heterocycles. The average molecular weight is 745 g/mol. The van der Waals surface area contributed by atoms with Gasteiger partial charge in [-0.25, -0.2) is 4.39 Å². The molecule has 2 unspecified atom stereocenters. The minimum absolute atomic E-state index is 0.0447. The number of rotatable bonds is 12. The van der Waals surface area contributed by atoms with Gasteiger partial charge in [-0.1, -0.05) is 51.1 Å². The molecular weight excluding hydrogens is 684 g/mol. The van der Waals surface area contributed by atoms with Crippen molar-refractivity contribution in [3.05, 3.63) is 118 Å². The van der Waals surface area contributed by atoms with E-state index in [0.29, 0.717) is 17.6 Å². The van der Waals surface area contributed by atoms with Gasteiger partial charge in [0.2, 0.25) is 0 Å². The molecule has 1 spiro atoms. The van der Waals surface area contributed by atoms with Crippen LogP contribution in [0.4, 0.5) is 15.8 Å². The van der Waals surface area contributed by atoms with E-state index >= 15 is 4.39 Å². The molecule has 292 valence electrons. The molecule has 0 radical (unpaired) electrons. The lowest BCUT2D eigenvalue weighted by Gasteiger charge is -2.41. The summed E-state index contributed by atoms with van der Waals surface area (Å²) in [5.41, 5.74) is 9.83. The molecule has 2 saturated heterocycles. The molecule has 2 N–H and O–H groups in total. The van der Waals surface area contributed by atoms with E-state index in [1.807, 2.05) is 18.2 Å². The predicted molar refractivity (Wildman–Crippen MR) is 223 cm³/mol. The van der Waals surface area contributed by atoms with Crippen LogP contribution >= 0.6 is 0 Å². The van der Waals surface area contributed by atoms with Crippen molar-refractivity contribution in [1.82, 2.24) is 10.2 Å². The Hall–Kier alpha value is -4.07. The van der Waals surface area contributed by atoms with E-state index in [-0.39, 0.29) is 23.2 Å². The van der Waals surface area contributed by atoms with Crippen LogP contribution in [-0.4, -0.2) is 62.9 Å². The third-order valence-electron chi connectivity index (χ3n) is 13.9. The van der Waals surface area contributed by atoms with E-state index in [9.17, 15) is 5.11 Å². The second kappa shape index (κ2) is 16.2. The molecule has 3 atom stereocenters. The van der Waals surface area contributed by atoms with E-state index in [2.05, 4.69) is 101 Å². The number of hydrogen-bond donors (Lipinski definition) is 2. The molecule has 55 heavy (non-hydrogen) atoms. The number of phenols is 1. The highest BCUT2D eigenvalue weighted by atomic mass is 19.1. The number of piperazine rings is 1. The fourth-order valence-corrected chi connectivity index (χ4v) is 10.2. The first-order valence-electron chi connectivity index (χ1n) is 21.2. The molecule has 4 aromatic carbocycles. The van der Waals surface area contributed by atoms with Crippen LogP contribution in [-0.2, 0) is 12.1 Å². The maximum Gasteiger partial charge on any atom is 0.146 e. The van der Waals surface area contributed by atoms with Gasteiger partial charge < -0.3 is 25.0 Å². The number of ether oxygens (including phenoxy) is 1. The Kier molecular flexibility index (Phi) is 11.1. The third kappa shape index (κ3) is 7.59. The van der Waals surface area contributed by atoms with Crippen molar-refractivity contribution in [3.63, 3.8) is 0 Å². The standard InChI is InChI=1S/C48H61FN4O2/c1-5-33(3)43-29-39(54)14-17-42(43)47(41(6-2)35-10-15-40(55-4)16-11-35)36-8-12-38(13-9-36)52-22-18-34(19-23-52)32-51-24-26-53(27-25-51)46-28-37-31-50-48(20-7-21-48)44(37)30-45(46)49/h8-17,28-30,33-34,41,47,50,54H,5-7,18-27,31-32H2,1-4H3/t33?,41-,47?/m1/s1. The Bertz CT molecular complexity index is 1910. The number of halogens is 1.